The molecule has 3 amide bonds. The van der Waals surface area contributed by atoms with Gasteiger partial charge in [-0.05, 0) is 61.2 Å². The summed E-state index contributed by atoms with van der Waals surface area (Å²) in [7, 11) is 0. The molecule has 3 aromatic rings. The number of amides is 3. The second-order valence-electron chi connectivity index (χ2n) is 10.1. The van der Waals surface area contributed by atoms with Crippen molar-refractivity contribution in [3.63, 3.8) is 0 Å². The van der Waals surface area contributed by atoms with Crippen LogP contribution < -0.4 is 4.90 Å². The summed E-state index contributed by atoms with van der Waals surface area (Å²) in [4.78, 5) is 42.1. The van der Waals surface area contributed by atoms with Crippen LogP contribution >= 0.6 is 24.0 Å². The SMILES string of the molecule is CCN(C(=O)OCc1cc(C)cc(C(F)(F)F)c1)c1noc2ccc(C3=CCN(C(=O)CN4C(=O)CSC4=S)CC3)cc12. The van der Waals surface area contributed by atoms with Gasteiger partial charge in [-0.15, -0.1) is 0 Å². The summed E-state index contributed by atoms with van der Waals surface area (Å²) in [6.07, 6.45) is -2.78. The van der Waals surface area contributed by atoms with Gasteiger partial charge in [0.15, 0.2) is 11.4 Å². The van der Waals surface area contributed by atoms with Crippen LogP contribution in [0.3, 0.4) is 0 Å². The van der Waals surface area contributed by atoms with E-state index in [9.17, 15) is 27.6 Å². The fraction of sp³-hybridized carbons (Fsp3) is 0.345. The molecule has 2 aliphatic heterocycles. The number of carbonyl (C=O) groups excluding carboxylic acids is 3. The number of aryl methyl sites for hydroxylation is 1. The molecule has 5 rings (SSSR count). The van der Waals surface area contributed by atoms with Crippen LogP contribution in [-0.4, -0.2) is 69.1 Å². The number of nitrogens with zero attached hydrogens (tertiary/aromatic N) is 4. The number of thioether (sulfide) groups is 1. The number of rotatable bonds is 7. The summed E-state index contributed by atoms with van der Waals surface area (Å²) in [6, 6.07) is 8.97. The van der Waals surface area contributed by atoms with Crippen molar-refractivity contribution in [2.75, 3.05) is 36.8 Å². The van der Waals surface area contributed by atoms with Gasteiger partial charge in [-0.25, -0.2) is 4.79 Å². The highest BCUT2D eigenvalue weighted by Gasteiger charge is 2.32. The Morgan fingerprint density at radius 2 is 2.00 bits per heavy atom. The fourth-order valence-electron chi connectivity index (χ4n) is 4.95. The van der Waals surface area contributed by atoms with Crippen LogP contribution in [0.5, 0.6) is 0 Å². The van der Waals surface area contributed by atoms with Crippen LogP contribution in [0.2, 0.25) is 0 Å². The highest BCUT2D eigenvalue weighted by atomic mass is 32.2. The maximum atomic E-state index is 13.2. The minimum Gasteiger partial charge on any atom is -0.444 e. The van der Waals surface area contributed by atoms with Gasteiger partial charge in [0, 0.05) is 19.6 Å². The van der Waals surface area contributed by atoms with Gasteiger partial charge >= 0.3 is 12.3 Å². The Kier molecular flexibility index (Phi) is 8.79. The lowest BCUT2D eigenvalue weighted by atomic mass is 9.98. The first-order chi connectivity index (χ1) is 20.4. The van der Waals surface area contributed by atoms with Crippen LogP contribution in [0, 0.1) is 6.92 Å². The van der Waals surface area contributed by atoms with Crippen LogP contribution in [-0.2, 0) is 27.1 Å². The molecule has 43 heavy (non-hydrogen) atoms. The number of ether oxygens (including phenoxy) is 1. The number of alkyl halides is 3. The smallest absolute Gasteiger partial charge is 0.416 e. The number of benzene rings is 2. The molecule has 226 valence electrons. The average Bonchev–Trinajstić information content (AvgIpc) is 3.53. The van der Waals surface area contributed by atoms with Gasteiger partial charge in [0.2, 0.25) is 11.8 Å². The van der Waals surface area contributed by atoms with E-state index in [0.29, 0.717) is 40.4 Å². The second kappa shape index (κ2) is 12.4. The normalized spacial score (nSPS) is 15.7. The zero-order valence-corrected chi connectivity index (χ0v) is 24.9. The van der Waals surface area contributed by atoms with Gasteiger partial charge in [0.25, 0.3) is 0 Å². The Bertz CT molecular complexity index is 1620. The Labute approximate surface area is 254 Å². The molecule has 9 nitrogen and oxygen atoms in total. The van der Waals surface area contributed by atoms with Gasteiger partial charge in [-0.3, -0.25) is 19.4 Å². The summed E-state index contributed by atoms with van der Waals surface area (Å²) in [5, 5.41) is 4.63. The zero-order valence-electron chi connectivity index (χ0n) is 23.3. The molecule has 1 saturated heterocycles. The number of thiocarbonyl (C=S) groups is 1. The Hall–Kier alpha value is -3.91. The van der Waals surface area contributed by atoms with E-state index in [4.69, 9.17) is 21.5 Å². The lowest BCUT2D eigenvalue weighted by Gasteiger charge is -2.28. The van der Waals surface area contributed by atoms with Gasteiger partial charge in [0.1, 0.15) is 17.5 Å². The molecule has 2 aliphatic rings. The summed E-state index contributed by atoms with van der Waals surface area (Å²) >= 11 is 6.42. The minimum atomic E-state index is -4.51. The van der Waals surface area contributed by atoms with E-state index in [2.05, 4.69) is 5.16 Å². The molecule has 0 aliphatic carbocycles. The van der Waals surface area contributed by atoms with E-state index in [1.54, 1.807) is 24.8 Å². The monoisotopic (exact) mass is 632 g/mol. The third-order valence-corrected chi connectivity index (χ3v) is 8.57. The average molecular weight is 633 g/mol. The summed E-state index contributed by atoms with van der Waals surface area (Å²) in [5.74, 6) is 0.140. The quantitative estimate of drug-likeness (QED) is 0.302. The first kappa shape index (κ1) is 30.5. The summed E-state index contributed by atoms with van der Waals surface area (Å²) in [6.45, 7) is 3.85. The van der Waals surface area contributed by atoms with Crippen LogP contribution in [0.25, 0.3) is 16.5 Å². The third kappa shape index (κ3) is 6.69. The van der Waals surface area contributed by atoms with Crippen molar-refractivity contribution in [2.24, 2.45) is 0 Å². The predicted molar refractivity (Wildman–Crippen MR) is 159 cm³/mol. The van der Waals surface area contributed by atoms with Crippen molar-refractivity contribution in [2.45, 2.75) is 33.1 Å². The van der Waals surface area contributed by atoms with Gasteiger partial charge in [-0.1, -0.05) is 52.9 Å². The molecular formula is C29H27F3N4O5S2. The molecular weight excluding hydrogens is 605 g/mol. The van der Waals surface area contributed by atoms with E-state index < -0.39 is 17.8 Å². The van der Waals surface area contributed by atoms with Crippen molar-refractivity contribution >= 4 is 68.6 Å². The third-order valence-electron chi connectivity index (χ3n) is 7.14. The first-order valence-corrected chi connectivity index (χ1v) is 14.8. The van der Waals surface area contributed by atoms with E-state index in [-0.39, 0.29) is 48.6 Å². The molecule has 0 N–H and O–H groups in total. The number of aromatic nitrogens is 1. The lowest BCUT2D eigenvalue weighted by Crippen LogP contribution is -2.43. The van der Waals surface area contributed by atoms with E-state index in [1.807, 2.05) is 18.2 Å². The largest absolute Gasteiger partial charge is 0.444 e. The molecule has 3 heterocycles. The molecule has 2 aromatic carbocycles. The molecule has 1 fully saturated rings. The number of hydrogen-bond donors (Lipinski definition) is 0. The van der Waals surface area contributed by atoms with Crippen molar-refractivity contribution in [3.05, 3.63) is 64.7 Å². The molecule has 0 atom stereocenters. The van der Waals surface area contributed by atoms with E-state index in [0.717, 1.165) is 23.3 Å². The van der Waals surface area contributed by atoms with Crippen molar-refractivity contribution in [1.82, 2.24) is 15.0 Å². The highest BCUT2D eigenvalue weighted by molar-refractivity contribution is 8.23. The number of fused-ring (bicyclic) bond motifs is 1. The summed E-state index contributed by atoms with van der Waals surface area (Å²) in [5.41, 5.74) is 2.10. The van der Waals surface area contributed by atoms with Crippen LogP contribution in [0.1, 0.15) is 35.6 Å². The molecule has 0 saturated carbocycles. The maximum Gasteiger partial charge on any atom is 0.416 e. The number of anilines is 1. The Balaban J connectivity index is 1.28. The molecule has 0 unspecified atom stereocenters. The maximum absolute atomic E-state index is 13.2. The van der Waals surface area contributed by atoms with Crippen LogP contribution in [0.15, 0.2) is 47.0 Å². The molecule has 14 heteroatoms. The standard InChI is InChI=1S/C29H27F3N4O5S2/c1-3-35(27(39)40-15-18-10-17(2)11-21(12-18)29(30,31)32)26-22-13-20(4-5-23(22)41-33-26)19-6-8-34(9-7-19)24(37)14-36-25(38)16-43-28(36)42/h4-6,10-13H,3,7-9,14-16H2,1-2H3. The zero-order chi connectivity index (χ0) is 30.9. The van der Waals surface area contributed by atoms with Crippen molar-refractivity contribution in [3.8, 4) is 0 Å². The van der Waals surface area contributed by atoms with Crippen molar-refractivity contribution < 1.29 is 36.8 Å². The summed E-state index contributed by atoms with van der Waals surface area (Å²) < 4.78 is 50.9. The van der Waals surface area contributed by atoms with E-state index >= 15 is 0 Å². The number of hydrogen-bond acceptors (Lipinski definition) is 8. The Morgan fingerprint density at radius 3 is 2.65 bits per heavy atom. The predicted octanol–water partition coefficient (Wildman–Crippen LogP) is 5.79. The highest BCUT2D eigenvalue weighted by Crippen LogP contribution is 2.33. The van der Waals surface area contributed by atoms with Crippen molar-refractivity contribution in [1.29, 1.82) is 0 Å². The number of halogens is 3. The Morgan fingerprint density at radius 1 is 1.21 bits per heavy atom. The minimum absolute atomic E-state index is 0.0693. The fourth-order valence-corrected chi connectivity index (χ4v) is 6.01. The lowest BCUT2D eigenvalue weighted by molar-refractivity contribution is -0.137. The molecule has 0 radical (unpaired) electrons. The van der Waals surface area contributed by atoms with Gasteiger partial charge in [0.05, 0.1) is 16.7 Å². The van der Waals surface area contributed by atoms with Crippen LogP contribution in [0.4, 0.5) is 23.8 Å². The molecule has 0 bridgehead atoms. The van der Waals surface area contributed by atoms with Gasteiger partial charge < -0.3 is 14.2 Å². The molecule has 0 spiro atoms. The molecule has 1 aromatic heterocycles. The van der Waals surface area contributed by atoms with Gasteiger partial charge in [-0.2, -0.15) is 13.2 Å². The second-order valence-corrected chi connectivity index (χ2v) is 11.7. The first-order valence-electron chi connectivity index (χ1n) is 13.4. The van der Waals surface area contributed by atoms with E-state index in [1.165, 1.54) is 27.6 Å². The topological polar surface area (TPSA) is 96.2 Å². The number of carbonyl (C=O) groups is 3.